The zero-order valence-corrected chi connectivity index (χ0v) is 17.1. The van der Waals surface area contributed by atoms with Crippen LogP contribution in [0.3, 0.4) is 0 Å². The van der Waals surface area contributed by atoms with Gasteiger partial charge in [0.05, 0.1) is 6.04 Å². The fraction of sp³-hybridized carbons (Fsp3) is 0.409. The first-order chi connectivity index (χ1) is 13.9. The second-order valence-corrected chi connectivity index (χ2v) is 7.41. The maximum atomic E-state index is 14.0. The van der Waals surface area contributed by atoms with Crippen LogP contribution in [0.5, 0.6) is 0 Å². The zero-order chi connectivity index (χ0) is 21.0. The number of nitrogens with one attached hydrogen (secondary N) is 2. The molecule has 29 heavy (non-hydrogen) atoms. The second-order valence-electron chi connectivity index (χ2n) is 7.41. The van der Waals surface area contributed by atoms with Crippen molar-refractivity contribution in [2.45, 2.75) is 26.8 Å². The fourth-order valence-corrected chi connectivity index (χ4v) is 3.63. The molecule has 1 saturated heterocycles. The van der Waals surface area contributed by atoms with Crippen molar-refractivity contribution in [1.29, 1.82) is 0 Å². The molecule has 2 N–H and O–H groups in total. The van der Waals surface area contributed by atoms with E-state index in [0.29, 0.717) is 11.3 Å². The lowest BCUT2D eigenvalue weighted by Gasteiger charge is -2.37. The number of aryl methyl sites for hydroxylation is 1. The van der Waals surface area contributed by atoms with Crippen molar-refractivity contribution in [3.8, 4) is 0 Å². The van der Waals surface area contributed by atoms with Crippen LogP contribution in [-0.4, -0.2) is 43.7 Å². The van der Waals surface area contributed by atoms with E-state index in [4.69, 9.17) is 0 Å². The third-order valence-corrected chi connectivity index (χ3v) is 5.38. The summed E-state index contributed by atoms with van der Waals surface area (Å²) in [7, 11) is 0. The van der Waals surface area contributed by atoms with Crippen molar-refractivity contribution in [2.75, 3.05) is 42.9 Å². The Labute approximate surface area is 170 Å². The van der Waals surface area contributed by atoms with Crippen LogP contribution in [0.1, 0.15) is 31.0 Å². The van der Waals surface area contributed by atoms with Gasteiger partial charge in [-0.15, -0.1) is 0 Å². The Morgan fingerprint density at radius 2 is 1.83 bits per heavy atom. The highest BCUT2D eigenvalue weighted by Gasteiger charge is 2.22. The Kier molecular flexibility index (Phi) is 6.69. The van der Waals surface area contributed by atoms with Crippen LogP contribution < -0.4 is 15.5 Å². The summed E-state index contributed by atoms with van der Waals surface area (Å²) in [6.07, 6.45) is 0. The molecular formula is C22H28F2N4O. The molecule has 2 amide bonds. The van der Waals surface area contributed by atoms with Crippen molar-refractivity contribution >= 4 is 17.4 Å². The summed E-state index contributed by atoms with van der Waals surface area (Å²) in [5, 5.41) is 5.56. The monoisotopic (exact) mass is 402 g/mol. The molecule has 1 heterocycles. The van der Waals surface area contributed by atoms with Crippen molar-refractivity contribution in [3.63, 3.8) is 0 Å². The minimum Gasteiger partial charge on any atom is -0.369 e. The molecule has 1 unspecified atom stereocenters. The van der Waals surface area contributed by atoms with Gasteiger partial charge in [-0.25, -0.2) is 13.6 Å². The number of carbonyl (C=O) groups is 1. The maximum Gasteiger partial charge on any atom is 0.319 e. The Hall–Kier alpha value is -2.67. The summed E-state index contributed by atoms with van der Waals surface area (Å²) >= 11 is 0. The third kappa shape index (κ3) is 5.23. The van der Waals surface area contributed by atoms with Crippen LogP contribution in [0.25, 0.3) is 0 Å². The predicted octanol–water partition coefficient (Wildman–Crippen LogP) is 4.30. The predicted molar refractivity (Wildman–Crippen MR) is 112 cm³/mol. The molecule has 1 atom stereocenters. The van der Waals surface area contributed by atoms with Crippen LogP contribution in [-0.2, 0) is 0 Å². The van der Waals surface area contributed by atoms with Crippen LogP contribution in [0.4, 0.5) is 25.0 Å². The van der Waals surface area contributed by atoms with Gasteiger partial charge in [0.25, 0.3) is 0 Å². The van der Waals surface area contributed by atoms with Gasteiger partial charge >= 0.3 is 6.03 Å². The molecule has 1 aliphatic heterocycles. The third-order valence-electron chi connectivity index (χ3n) is 5.38. The number of benzene rings is 2. The van der Waals surface area contributed by atoms with E-state index in [1.54, 1.807) is 19.1 Å². The number of hydrogen-bond acceptors (Lipinski definition) is 3. The van der Waals surface area contributed by atoms with Gasteiger partial charge < -0.3 is 20.4 Å². The average molecular weight is 402 g/mol. The molecule has 0 aromatic heterocycles. The number of rotatable bonds is 5. The number of nitrogens with zero attached hydrogens (tertiary/aromatic N) is 2. The quantitative estimate of drug-likeness (QED) is 0.784. The number of hydrogen-bond donors (Lipinski definition) is 2. The van der Waals surface area contributed by atoms with Gasteiger partial charge in [-0.2, -0.15) is 0 Å². The van der Waals surface area contributed by atoms with Gasteiger partial charge in [0, 0.05) is 43.1 Å². The first-order valence-corrected chi connectivity index (χ1v) is 9.97. The van der Waals surface area contributed by atoms with Gasteiger partial charge in [-0.1, -0.05) is 6.92 Å². The lowest BCUT2D eigenvalue weighted by Crippen LogP contribution is -2.46. The topological polar surface area (TPSA) is 47.6 Å². The van der Waals surface area contributed by atoms with Gasteiger partial charge in [-0.05, 0) is 62.4 Å². The minimum absolute atomic E-state index is 0.322. The lowest BCUT2D eigenvalue weighted by molar-refractivity contribution is 0.249. The molecule has 0 saturated carbocycles. The number of likely N-dealkylation sites (N-methyl/N-ethyl adjacent to an activating group) is 1. The molecule has 3 rings (SSSR count). The molecule has 2 aromatic rings. The van der Waals surface area contributed by atoms with Gasteiger partial charge in [0.15, 0.2) is 0 Å². The molecule has 156 valence electrons. The molecule has 2 aromatic carbocycles. The van der Waals surface area contributed by atoms with Gasteiger partial charge in [-0.3, -0.25) is 0 Å². The Morgan fingerprint density at radius 3 is 2.48 bits per heavy atom. The van der Waals surface area contributed by atoms with E-state index in [2.05, 4.69) is 27.4 Å². The van der Waals surface area contributed by atoms with Gasteiger partial charge in [0.2, 0.25) is 0 Å². The average Bonchev–Trinajstić information content (AvgIpc) is 2.70. The normalized spacial score (nSPS) is 15.8. The first kappa shape index (κ1) is 21.0. The SMILES string of the molecule is CCN1CCN(c2ccc(F)cc2C(C)NC(=O)Nc2ccc(F)c(C)c2)CC1. The van der Waals surface area contributed by atoms with Crippen LogP contribution in [0, 0.1) is 18.6 Å². The van der Waals surface area contributed by atoms with Crippen molar-refractivity contribution in [3.05, 3.63) is 59.2 Å². The first-order valence-electron chi connectivity index (χ1n) is 9.97. The molecule has 7 heteroatoms. The van der Waals surface area contributed by atoms with E-state index in [-0.39, 0.29) is 11.6 Å². The number of piperazine rings is 1. The van der Waals surface area contributed by atoms with Crippen LogP contribution >= 0.6 is 0 Å². The minimum atomic E-state index is -0.422. The molecular weight excluding hydrogens is 374 g/mol. The van der Waals surface area contributed by atoms with E-state index in [1.165, 1.54) is 24.3 Å². The summed E-state index contributed by atoms with van der Waals surface area (Å²) in [5.74, 6) is -0.656. The number of urea groups is 1. The number of halogens is 2. The summed E-state index contributed by atoms with van der Waals surface area (Å²) in [5.41, 5.74) is 2.63. The van der Waals surface area contributed by atoms with E-state index in [1.807, 2.05) is 6.92 Å². The van der Waals surface area contributed by atoms with E-state index in [0.717, 1.165) is 44.0 Å². The summed E-state index contributed by atoms with van der Waals surface area (Å²) < 4.78 is 27.4. The highest BCUT2D eigenvalue weighted by Crippen LogP contribution is 2.28. The van der Waals surface area contributed by atoms with Crippen molar-refractivity contribution in [1.82, 2.24) is 10.2 Å². The second kappa shape index (κ2) is 9.22. The number of amides is 2. The van der Waals surface area contributed by atoms with E-state index < -0.39 is 12.1 Å². The molecule has 5 nitrogen and oxygen atoms in total. The highest BCUT2D eigenvalue weighted by molar-refractivity contribution is 5.89. The zero-order valence-electron chi connectivity index (χ0n) is 17.1. The fourth-order valence-electron chi connectivity index (χ4n) is 3.63. The van der Waals surface area contributed by atoms with Crippen molar-refractivity contribution < 1.29 is 13.6 Å². The largest absolute Gasteiger partial charge is 0.369 e. The Balaban J connectivity index is 1.71. The molecule has 1 aliphatic rings. The molecule has 0 radical (unpaired) electrons. The van der Waals surface area contributed by atoms with Crippen molar-refractivity contribution in [2.24, 2.45) is 0 Å². The molecule has 0 aliphatic carbocycles. The smallest absolute Gasteiger partial charge is 0.319 e. The molecule has 0 bridgehead atoms. The Morgan fingerprint density at radius 1 is 1.10 bits per heavy atom. The molecule has 0 spiro atoms. The number of anilines is 2. The number of carbonyl (C=O) groups excluding carboxylic acids is 1. The van der Waals surface area contributed by atoms with E-state index in [9.17, 15) is 13.6 Å². The Bertz CT molecular complexity index is 866. The van der Waals surface area contributed by atoms with Crippen LogP contribution in [0.15, 0.2) is 36.4 Å². The van der Waals surface area contributed by atoms with Gasteiger partial charge in [0.1, 0.15) is 11.6 Å². The molecule has 1 fully saturated rings. The summed E-state index contributed by atoms with van der Waals surface area (Å²) in [6, 6.07) is 8.29. The summed E-state index contributed by atoms with van der Waals surface area (Å²) in [6.45, 7) is 10.3. The highest BCUT2D eigenvalue weighted by atomic mass is 19.1. The van der Waals surface area contributed by atoms with Crippen LogP contribution in [0.2, 0.25) is 0 Å². The standard InChI is InChI=1S/C22H28F2N4O/c1-4-27-9-11-28(12-10-27)21-8-5-17(23)14-19(21)16(3)25-22(29)26-18-6-7-20(24)15(2)13-18/h5-8,13-14,16H,4,9-12H2,1-3H3,(H2,25,26,29). The summed E-state index contributed by atoms with van der Waals surface area (Å²) in [4.78, 5) is 17.0. The lowest BCUT2D eigenvalue weighted by atomic mass is 10.0. The maximum absolute atomic E-state index is 14.0. The van der Waals surface area contributed by atoms with E-state index >= 15 is 0 Å².